The molecule has 0 unspecified atom stereocenters. The molecule has 0 atom stereocenters. The Hall–Kier alpha value is -3.88. The monoisotopic (exact) mass is 661 g/mol. The van der Waals surface area contributed by atoms with E-state index in [1.807, 2.05) is 47.8 Å². The molecule has 0 aliphatic carbocycles. The summed E-state index contributed by atoms with van der Waals surface area (Å²) < 4.78 is 6.36. The first-order valence-corrected chi connectivity index (χ1v) is 15.4. The number of hydrogen-bond donors (Lipinski definition) is 2. The van der Waals surface area contributed by atoms with Crippen LogP contribution in [-0.4, -0.2) is 28.3 Å². The third-order valence-electron chi connectivity index (χ3n) is 5.88. The number of rotatable bonds is 9. The molecule has 41 heavy (non-hydrogen) atoms. The highest BCUT2D eigenvalue weighted by Gasteiger charge is 2.16. The number of carbonyl (C=O) groups excluding carboxylic acids is 1. The number of hydrogen-bond acceptors (Lipinski definition) is 8. The fraction of sp³-hybridized carbons (Fsp3) is 0.0667. The van der Waals surface area contributed by atoms with E-state index in [0.717, 1.165) is 20.5 Å². The molecule has 0 bridgehead atoms. The second-order valence-corrected chi connectivity index (χ2v) is 11.7. The average molecular weight is 663 g/mol. The Bertz CT molecular complexity index is 1800. The number of amides is 1. The zero-order valence-electron chi connectivity index (χ0n) is 21.5. The lowest BCUT2D eigenvalue weighted by Crippen LogP contribution is -2.09. The van der Waals surface area contributed by atoms with Crippen LogP contribution in [0.1, 0.15) is 5.56 Å². The first kappa shape index (κ1) is 28.6. The number of anilines is 3. The molecule has 0 spiro atoms. The van der Waals surface area contributed by atoms with E-state index >= 15 is 0 Å². The smallest absolute Gasteiger partial charge is 0.248 e. The maximum atomic E-state index is 12.4. The minimum Gasteiger partial charge on any atom is -0.494 e. The van der Waals surface area contributed by atoms with E-state index in [2.05, 4.69) is 37.6 Å². The molecule has 0 saturated carbocycles. The molecule has 0 radical (unpaired) electrons. The van der Waals surface area contributed by atoms with Gasteiger partial charge in [-0.3, -0.25) is 9.78 Å². The van der Waals surface area contributed by atoms with Crippen LogP contribution in [0.2, 0.25) is 5.02 Å². The summed E-state index contributed by atoms with van der Waals surface area (Å²) in [6, 6.07) is 21.3. The number of methoxy groups -OCH3 is 1. The lowest BCUT2D eigenvalue weighted by molar-refractivity contribution is -0.111. The summed E-state index contributed by atoms with van der Waals surface area (Å²) in [7, 11) is 1.52. The summed E-state index contributed by atoms with van der Waals surface area (Å²) in [5.74, 6) is 0.139. The molecule has 3 aromatic carbocycles. The Kier molecular flexibility index (Phi) is 9.21. The summed E-state index contributed by atoms with van der Waals surface area (Å²) >= 11 is 13.0. The van der Waals surface area contributed by atoms with Crippen LogP contribution in [0, 0.1) is 11.3 Å². The van der Waals surface area contributed by atoms with Crippen molar-refractivity contribution < 1.29 is 9.53 Å². The van der Waals surface area contributed by atoms with E-state index in [-0.39, 0.29) is 5.91 Å². The number of thiazole rings is 1. The van der Waals surface area contributed by atoms with Crippen molar-refractivity contribution in [3.63, 3.8) is 0 Å². The fourth-order valence-electron chi connectivity index (χ4n) is 3.98. The van der Waals surface area contributed by atoms with Crippen LogP contribution >= 0.6 is 50.6 Å². The van der Waals surface area contributed by atoms with Gasteiger partial charge < -0.3 is 15.4 Å². The molecular weight excluding hydrogens is 642 g/mol. The summed E-state index contributed by atoms with van der Waals surface area (Å²) in [6.07, 6.45) is 4.62. The Morgan fingerprint density at radius 3 is 2.78 bits per heavy atom. The van der Waals surface area contributed by atoms with Crippen molar-refractivity contribution in [2.75, 3.05) is 23.1 Å². The van der Waals surface area contributed by atoms with Crippen LogP contribution in [0.15, 0.2) is 93.6 Å². The van der Waals surface area contributed by atoms with E-state index in [1.54, 1.807) is 35.6 Å². The minimum atomic E-state index is -0.308. The van der Waals surface area contributed by atoms with Crippen molar-refractivity contribution in [1.29, 1.82) is 5.26 Å². The van der Waals surface area contributed by atoms with E-state index in [1.165, 1.54) is 31.1 Å². The van der Waals surface area contributed by atoms with Crippen LogP contribution in [0.4, 0.5) is 17.1 Å². The quantitative estimate of drug-likeness (QED) is 0.120. The number of halogens is 2. The minimum absolute atomic E-state index is 0.308. The molecule has 0 aliphatic rings. The van der Waals surface area contributed by atoms with Gasteiger partial charge in [0.25, 0.3) is 0 Å². The van der Waals surface area contributed by atoms with Crippen molar-refractivity contribution in [1.82, 2.24) is 9.97 Å². The number of nitriles is 1. The zero-order valence-corrected chi connectivity index (χ0v) is 25.5. The van der Waals surface area contributed by atoms with Crippen LogP contribution in [-0.2, 0) is 4.79 Å². The number of benzene rings is 3. The highest BCUT2D eigenvalue weighted by Crippen LogP contribution is 2.40. The molecule has 5 rings (SSSR count). The highest BCUT2D eigenvalue weighted by molar-refractivity contribution is 9.09. The number of aromatic nitrogens is 2. The van der Waals surface area contributed by atoms with Crippen molar-refractivity contribution in [2.45, 2.75) is 9.24 Å². The third kappa shape index (κ3) is 6.72. The lowest BCUT2D eigenvalue weighted by atomic mass is 10.1. The largest absolute Gasteiger partial charge is 0.494 e. The summed E-state index contributed by atoms with van der Waals surface area (Å²) in [5, 5.41) is 19.8. The van der Waals surface area contributed by atoms with Gasteiger partial charge in [0.15, 0.2) is 4.34 Å². The first-order valence-electron chi connectivity index (χ1n) is 12.2. The average Bonchev–Trinajstić information content (AvgIpc) is 3.46. The number of fused-ring (bicyclic) bond motifs is 1. The molecule has 0 aliphatic heterocycles. The Morgan fingerprint density at radius 2 is 2.05 bits per heavy atom. The van der Waals surface area contributed by atoms with E-state index in [4.69, 9.17) is 21.3 Å². The van der Waals surface area contributed by atoms with Gasteiger partial charge in [-0.25, -0.2) is 4.98 Å². The van der Waals surface area contributed by atoms with Crippen molar-refractivity contribution in [3.05, 3.63) is 95.0 Å². The van der Waals surface area contributed by atoms with Gasteiger partial charge in [-0.2, -0.15) is 5.26 Å². The second-order valence-electron chi connectivity index (χ2n) is 8.51. The number of nitrogens with one attached hydrogen (secondary N) is 2. The second kappa shape index (κ2) is 13.2. The molecule has 5 aromatic rings. The predicted octanol–water partition coefficient (Wildman–Crippen LogP) is 8.68. The topological polar surface area (TPSA) is 99.9 Å². The highest BCUT2D eigenvalue weighted by atomic mass is 79.9. The van der Waals surface area contributed by atoms with Crippen molar-refractivity contribution in [3.8, 4) is 23.1 Å². The van der Waals surface area contributed by atoms with Gasteiger partial charge in [-0.15, -0.1) is 11.3 Å². The number of nitrogens with zero attached hydrogens (tertiary/aromatic N) is 3. The number of ether oxygens (including phenoxy) is 1. The molecule has 7 nitrogen and oxygen atoms in total. The van der Waals surface area contributed by atoms with E-state index in [9.17, 15) is 10.1 Å². The Morgan fingerprint density at radius 1 is 1.22 bits per heavy atom. The molecule has 204 valence electrons. The molecule has 1 amide bonds. The molecule has 0 saturated heterocycles. The third-order valence-corrected chi connectivity index (χ3v) is 8.69. The van der Waals surface area contributed by atoms with Crippen LogP contribution in [0.3, 0.4) is 0 Å². The van der Waals surface area contributed by atoms with Crippen molar-refractivity contribution in [2.24, 2.45) is 0 Å². The number of carbonyl (C=O) groups is 1. The number of allylic oxidation sites excluding steroid dienone is 1. The summed E-state index contributed by atoms with van der Waals surface area (Å²) in [5.41, 5.74) is 4.60. The molecule has 0 fully saturated rings. The predicted molar refractivity (Wildman–Crippen MR) is 171 cm³/mol. The number of alkyl halides is 1. The molecule has 2 aromatic heterocycles. The van der Waals surface area contributed by atoms with Crippen LogP contribution < -0.4 is 15.4 Å². The molecule has 2 N–H and O–H groups in total. The van der Waals surface area contributed by atoms with Gasteiger partial charge >= 0.3 is 0 Å². The van der Waals surface area contributed by atoms with Gasteiger partial charge in [0.1, 0.15) is 11.8 Å². The first-order chi connectivity index (χ1) is 20.0. The maximum Gasteiger partial charge on any atom is 0.248 e. The van der Waals surface area contributed by atoms with E-state index < -0.39 is 0 Å². The van der Waals surface area contributed by atoms with Gasteiger partial charge in [-0.1, -0.05) is 75.7 Å². The zero-order chi connectivity index (χ0) is 28.8. The SMILES string of the molecule is COc1cc2ncc(C#N)c(Nc3ccc(Sc4nc(-c5ccccc5)cs4)c(Cl)c3)c2cc1NC(=O)/C=C/CBr. The van der Waals surface area contributed by atoms with Crippen LogP contribution in [0.25, 0.3) is 22.2 Å². The van der Waals surface area contributed by atoms with Gasteiger partial charge in [0.05, 0.1) is 40.3 Å². The summed E-state index contributed by atoms with van der Waals surface area (Å²) in [4.78, 5) is 22.4. The fourth-order valence-corrected chi connectivity index (χ4v) is 6.24. The molecule has 2 heterocycles. The van der Waals surface area contributed by atoms with E-state index in [0.29, 0.717) is 49.6 Å². The lowest BCUT2D eigenvalue weighted by Gasteiger charge is -2.15. The Labute approximate surface area is 258 Å². The standard InChI is InChI=1S/C30H21BrClN5O2S2/c1-39-26-14-23-21(13-24(26)36-28(38)8-5-11-31)29(19(15-33)16-34-23)35-20-9-10-27(22(32)12-20)41-30-37-25(17-40-30)18-6-3-2-4-7-18/h2-10,12-14,16-17H,11H2,1H3,(H,34,35)(H,36,38)/b8-5+. The molecular formula is C30H21BrClN5O2S2. The molecule has 11 heteroatoms. The van der Waals surface area contributed by atoms with Crippen LogP contribution in [0.5, 0.6) is 5.75 Å². The van der Waals surface area contributed by atoms with Crippen molar-refractivity contribution >= 4 is 84.5 Å². The van der Waals surface area contributed by atoms with Gasteiger partial charge in [0.2, 0.25) is 5.91 Å². The normalized spacial score (nSPS) is 11.0. The Balaban J connectivity index is 1.43. The van der Waals surface area contributed by atoms with Gasteiger partial charge in [-0.05, 0) is 24.3 Å². The van der Waals surface area contributed by atoms with Gasteiger partial charge in [0, 0.05) is 50.6 Å². The summed E-state index contributed by atoms with van der Waals surface area (Å²) in [6.45, 7) is 0. The maximum absolute atomic E-state index is 12.4. The number of pyridine rings is 1.